The molecular weight excluding hydrogens is 196 g/mol. The number of nitrogens with one attached hydrogen (secondary N) is 1. The number of hydrogen-bond donors (Lipinski definition) is 1. The van der Waals surface area contributed by atoms with Crippen LogP contribution in [0.4, 0.5) is 0 Å². The summed E-state index contributed by atoms with van der Waals surface area (Å²) in [6, 6.07) is -1.63. The second kappa shape index (κ2) is 3.95. The van der Waals surface area contributed by atoms with Crippen molar-refractivity contribution in [2.75, 3.05) is 20.0 Å². The molecule has 2 heterocycles. The van der Waals surface area contributed by atoms with E-state index >= 15 is 0 Å². The molecule has 1 aliphatic heterocycles. The van der Waals surface area contributed by atoms with Crippen LogP contribution in [0.2, 0.25) is 0 Å². The predicted octanol–water partition coefficient (Wildman–Crippen LogP) is 2.98. The Bertz CT molecular complexity index is 887. The molecule has 0 amide bonds. The SMILES string of the molecule is [2H]c1[nH]c2c([2H])c([2H])c([2H])c([2H])c2c1C1CC([2H])([2H])N(C([2H])[2H])C([2H])([2H])C1. The molecule has 0 saturated carbocycles. The number of fused-ring (bicyclic) bond motifs is 1. The maximum atomic E-state index is 8.19. The first kappa shape index (κ1) is 3.61. The smallest absolute Gasteiger partial charge is 0.0819 e. The second-order valence-corrected chi connectivity index (χ2v) is 3.71. The number of piperidine rings is 1. The summed E-state index contributed by atoms with van der Waals surface area (Å²) in [6.07, 6.45) is -0.819. The zero-order valence-electron chi connectivity index (χ0n) is 19.5. The van der Waals surface area contributed by atoms with Crippen molar-refractivity contribution in [3.63, 3.8) is 0 Å². The number of hydrogen-bond acceptors (Lipinski definition) is 1. The van der Waals surface area contributed by atoms with Crippen LogP contribution >= 0.6 is 0 Å². The van der Waals surface area contributed by atoms with Crippen molar-refractivity contribution in [2.45, 2.75) is 18.8 Å². The molecule has 1 saturated heterocycles. The standard InChI is InChI=1S/C14H18N2/c1-16-8-6-11(7-9-16)13-10-15-14-5-3-2-4-12(13)14/h2-5,10-11,15H,6-9H2,1H3/i1D2,2D,3D,4D,5D,8D2,9D2,10D. The number of rotatable bonds is 1. The van der Waals surface area contributed by atoms with Gasteiger partial charge in [0.05, 0.1) is 6.85 Å². The third-order valence-electron chi connectivity index (χ3n) is 2.70. The molecule has 1 fully saturated rings. The lowest BCUT2D eigenvalue weighted by Gasteiger charge is -2.28. The summed E-state index contributed by atoms with van der Waals surface area (Å²) in [5.74, 6) is -0.856. The molecular formula is C14H18N2. The van der Waals surface area contributed by atoms with Gasteiger partial charge in [0, 0.05) is 25.3 Å². The molecule has 1 aliphatic rings. The maximum Gasteiger partial charge on any atom is 0.0819 e. The molecule has 2 aromatic rings. The third-order valence-corrected chi connectivity index (χ3v) is 2.70. The Hall–Kier alpha value is -1.28. The molecule has 0 aliphatic carbocycles. The zero-order valence-corrected chi connectivity index (χ0v) is 8.52. The quantitative estimate of drug-likeness (QED) is 0.790. The first-order valence-corrected chi connectivity index (χ1v) is 5.02. The Morgan fingerprint density at radius 1 is 1.44 bits per heavy atom. The normalized spacial score (nSPS) is 35.7. The number of nitrogens with zero attached hydrogens (tertiary/aromatic N) is 1. The minimum Gasteiger partial charge on any atom is -0.361 e. The molecule has 0 atom stereocenters. The minimum atomic E-state index is -2.33. The van der Waals surface area contributed by atoms with Gasteiger partial charge in [0.2, 0.25) is 0 Å². The Morgan fingerprint density at radius 3 is 3.06 bits per heavy atom. The molecule has 2 heteroatoms. The topological polar surface area (TPSA) is 19.0 Å². The van der Waals surface area contributed by atoms with E-state index in [0.29, 0.717) is 4.90 Å². The molecule has 0 spiro atoms. The average molecular weight is 225 g/mol. The van der Waals surface area contributed by atoms with Crippen molar-refractivity contribution in [3.8, 4) is 0 Å². The first-order chi connectivity index (χ1) is 12.3. The van der Waals surface area contributed by atoms with Gasteiger partial charge >= 0.3 is 0 Å². The van der Waals surface area contributed by atoms with E-state index in [1.165, 1.54) is 0 Å². The molecule has 84 valence electrons. The van der Waals surface area contributed by atoms with Crippen molar-refractivity contribution in [1.29, 1.82) is 0 Å². The van der Waals surface area contributed by atoms with Gasteiger partial charge in [-0.15, -0.1) is 0 Å². The van der Waals surface area contributed by atoms with Gasteiger partial charge in [0.15, 0.2) is 0 Å². The fourth-order valence-electron chi connectivity index (χ4n) is 1.86. The molecule has 1 N–H and O–H groups in total. The lowest BCUT2D eigenvalue weighted by Crippen LogP contribution is -2.29. The van der Waals surface area contributed by atoms with E-state index in [2.05, 4.69) is 4.98 Å². The molecule has 1 aromatic heterocycles. The summed E-state index contributed by atoms with van der Waals surface area (Å²) in [4.78, 5) is 3.15. The highest BCUT2D eigenvalue weighted by atomic mass is 15.1. The summed E-state index contributed by atoms with van der Waals surface area (Å²) in [6.45, 7) is -6.52. The average Bonchev–Trinajstić information content (AvgIpc) is 2.85. The van der Waals surface area contributed by atoms with E-state index in [1.54, 1.807) is 0 Å². The van der Waals surface area contributed by atoms with Crippen molar-refractivity contribution in [3.05, 3.63) is 35.9 Å². The third kappa shape index (κ3) is 1.63. The van der Waals surface area contributed by atoms with Crippen LogP contribution in [0.1, 0.15) is 39.4 Å². The Labute approximate surface area is 112 Å². The molecule has 2 nitrogen and oxygen atoms in total. The van der Waals surface area contributed by atoms with Crippen LogP contribution in [0.15, 0.2) is 30.3 Å². The maximum absolute atomic E-state index is 8.19. The molecule has 0 unspecified atom stereocenters. The lowest BCUT2D eigenvalue weighted by atomic mass is 9.89. The summed E-state index contributed by atoms with van der Waals surface area (Å²) in [5, 5.41) is 0.0596. The minimum absolute atomic E-state index is 0.0309. The van der Waals surface area contributed by atoms with Crippen molar-refractivity contribution in [1.82, 2.24) is 9.88 Å². The molecule has 3 rings (SSSR count). The summed E-state index contributed by atoms with van der Waals surface area (Å²) in [7, 11) is 0. The van der Waals surface area contributed by atoms with Gasteiger partial charge in [-0.05, 0) is 50.4 Å². The number of aromatic nitrogens is 1. The summed E-state index contributed by atoms with van der Waals surface area (Å²) in [5.41, 5.74) is 0.166. The van der Waals surface area contributed by atoms with Crippen molar-refractivity contribution < 1.29 is 15.1 Å². The predicted molar refractivity (Wildman–Crippen MR) is 67.8 cm³/mol. The van der Waals surface area contributed by atoms with E-state index in [-0.39, 0.29) is 47.6 Å². The van der Waals surface area contributed by atoms with E-state index in [9.17, 15) is 0 Å². The van der Waals surface area contributed by atoms with Gasteiger partial charge in [0.25, 0.3) is 0 Å². The number of likely N-dealkylation sites (tertiary alicyclic amines) is 1. The van der Waals surface area contributed by atoms with E-state index in [4.69, 9.17) is 15.1 Å². The van der Waals surface area contributed by atoms with E-state index in [0.717, 1.165) is 0 Å². The number of aromatic amines is 1. The Kier molecular flexibility index (Phi) is 0.889. The molecule has 1 aromatic carbocycles. The highest BCUT2D eigenvalue weighted by Gasteiger charge is 2.20. The van der Waals surface area contributed by atoms with Gasteiger partial charge in [0.1, 0.15) is 0 Å². The fourth-order valence-corrected chi connectivity index (χ4v) is 1.86. The summed E-state index contributed by atoms with van der Waals surface area (Å²) >= 11 is 0. The monoisotopic (exact) mass is 225 g/mol. The van der Waals surface area contributed by atoms with Gasteiger partial charge in [-0.25, -0.2) is 0 Å². The van der Waals surface area contributed by atoms with Crippen LogP contribution in [0.5, 0.6) is 0 Å². The molecule has 0 radical (unpaired) electrons. The van der Waals surface area contributed by atoms with E-state index < -0.39 is 38.0 Å². The highest BCUT2D eigenvalue weighted by molar-refractivity contribution is 5.83. The largest absolute Gasteiger partial charge is 0.361 e. The van der Waals surface area contributed by atoms with Crippen LogP contribution in [0.25, 0.3) is 10.9 Å². The Balaban J connectivity index is 2.21. The molecule has 0 bridgehead atoms. The first-order valence-electron chi connectivity index (χ1n) is 10.7. The van der Waals surface area contributed by atoms with E-state index in [1.807, 2.05) is 0 Å². The van der Waals surface area contributed by atoms with Gasteiger partial charge in [-0.1, -0.05) is 18.1 Å². The van der Waals surface area contributed by atoms with Crippen molar-refractivity contribution >= 4 is 10.9 Å². The van der Waals surface area contributed by atoms with Crippen LogP contribution in [0.3, 0.4) is 0 Å². The van der Waals surface area contributed by atoms with Crippen LogP contribution in [-0.2, 0) is 0 Å². The molecule has 16 heavy (non-hydrogen) atoms. The Morgan fingerprint density at radius 2 is 2.25 bits per heavy atom. The van der Waals surface area contributed by atoms with Gasteiger partial charge < -0.3 is 9.88 Å². The summed E-state index contributed by atoms with van der Waals surface area (Å²) < 4.78 is 87.5. The zero-order chi connectivity index (χ0) is 20.5. The fraction of sp³-hybridized carbons (Fsp3) is 0.429. The van der Waals surface area contributed by atoms with Crippen LogP contribution in [0, 0.1) is 0 Å². The van der Waals surface area contributed by atoms with Gasteiger partial charge in [-0.2, -0.15) is 0 Å². The van der Waals surface area contributed by atoms with Crippen LogP contribution in [-0.4, -0.2) is 29.9 Å². The lowest BCUT2D eigenvalue weighted by molar-refractivity contribution is 0.256. The number of H-pyrrole nitrogens is 1. The van der Waals surface area contributed by atoms with Gasteiger partial charge in [-0.3, -0.25) is 0 Å². The number of para-hydroxylation sites is 1. The second-order valence-electron chi connectivity index (χ2n) is 3.71. The highest BCUT2D eigenvalue weighted by Crippen LogP contribution is 2.32. The number of benzene rings is 1. The van der Waals surface area contributed by atoms with Crippen LogP contribution < -0.4 is 0 Å². The van der Waals surface area contributed by atoms with Crippen molar-refractivity contribution in [2.24, 2.45) is 0 Å².